The summed E-state index contributed by atoms with van der Waals surface area (Å²) in [6, 6.07) is 7.24. The third-order valence-corrected chi connectivity index (χ3v) is 7.40. The number of sulfone groups is 1. The van der Waals surface area contributed by atoms with Gasteiger partial charge in [-0.3, -0.25) is 4.79 Å². The lowest BCUT2D eigenvalue weighted by Crippen LogP contribution is -2.09. The normalized spacial score (nSPS) is 11.8. The van der Waals surface area contributed by atoms with E-state index in [-0.39, 0.29) is 32.4 Å². The van der Waals surface area contributed by atoms with Gasteiger partial charge in [-0.25, -0.2) is 13.2 Å². The number of unbranched alkanes of at least 4 members (excludes halogenated alkanes) is 9. The van der Waals surface area contributed by atoms with Gasteiger partial charge < -0.3 is 13.9 Å². The minimum absolute atomic E-state index is 0.0212. The van der Waals surface area contributed by atoms with E-state index in [4.69, 9.17) is 13.9 Å². The molecular formula is C28H36O7S. The van der Waals surface area contributed by atoms with Crippen LogP contribution in [0.3, 0.4) is 0 Å². The maximum Gasteiger partial charge on any atom is 0.337 e. The second kappa shape index (κ2) is 12.9. The molecule has 8 heteroatoms. The summed E-state index contributed by atoms with van der Waals surface area (Å²) >= 11 is 0. The topological polar surface area (TPSA) is 99.9 Å². The van der Waals surface area contributed by atoms with Crippen LogP contribution in [0.15, 0.2) is 44.4 Å². The molecule has 0 amide bonds. The van der Waals surface area contributed by atoms with Crippen molar-refractivity contribution in [3.05, 3.63) is 46.1 Å². The van der Waals surface area contributed by atoms with E-state index in [9.17, 15) is 18.0 Å². The van der Waals surface area contributed by atoms with E-state index >= 15 is 0 Å². The Bertz CT molecular complexity index is 1360. The van der Waals surface area contributed by atoms with Crippen LogP contribution in [0.4, 0.5) is 0 Å². The zero-order valence-corrected chi connectivity index (χ0v) is 22.2. The molecule has 196 valence electrons. The summed E-state index contributed by atoms with van der Waals surface area (Å²) in [7, 11) is -2.45. The summed E-state index contributed by atoms with van der Waals surface area (Å²) < 4.78 is 41.4. The van der Waals surface area contributed by atoms with Gasteiger partial charge in [0.1, 0.15) is 16.2 Å². The Morgan fingerprint density at radius 3 is 2.14 bits per heavy atom. The maximum atomic E-state index is 13.3. The molecule has 7 nitrogen and oxygen atoms in total. The number of carbonyl (C=O) groups excluding carboxylic acids is 1. The number of hydrogen-bond donors (Lipinski definition) is 0. The van der Waals surface area contributed by atoms with Crippen molar-refractivity contribution < 1.29 is 27.1 Å². The molecule has 0 atom stereocenters. The second-order valence-corrected chi connectivity index (χ2v) is 11.2. The predicted molar refractivity (Wildman–Crippen MR) is 142 cm³/mol. The SMILES string of the molecule is CCCCCCCCCCCCOc1cc(S(C)(=O)=O)c2oc3ccc(C(=O)OC)cc3c(=O)c2c1. The van der Waals surface area contributed by atoms with E-state index in [0.717, 1.165) is 25.5 Å². The number of rotatable bonds is 14. The molecular weight excluding hydrogens is 480 g/mol. The Balaban J connectivity index is 1.74. The lowest BCUT2D eigenvalue weighted by Gasteiger charge is -2.11. The maximum absolute atomic E-state index is 13.3. The van der Waals surface area contributed by atoms with Gasteiger partial charge in [-0.05, 0) is 30.7 Å². The Kier molecular flexibility index (Phi) is 9.93. The summed E-state index contributed by atoms with van der Waals surface area (Å²) in [5.74, 6) is -0.281. The fourth-order valence-electron chi connectivity index (χ4n) is 4.29. The number of methoxy groups -OCH3 is 1. The van der Waals surface area contributed by atoms with Gasteiger partial charge in [0, 0.05) is 12.3 Å². The van der Waals surface area contributed by atoms with Crippen molar-refractivity contribution >= 4 is 37.7 Å². The number of fused-ring (bicyclic) bond motifs is 2. The number of ether oxygens (including phenoxy) is 2. The quantitative estimate of drug-likeness (QED) is 0.138. The van der Waals surface area contributed by atoms with Gasteiger partial charge >= 0.3 is 5.97 Å². The second-order valence-electron chi connectivity index (χ2n) is 9.23. The van der Waals surface area contributed by atoms with Crippen LogP contribution in [0.25, 0.3) is 21.9 Å². The molecule has 0 fully saturated rings. The molecule has 0 spiro atoms. The van der Waals surface area contributed by atoms with Gasteiger partial charge in [-0.2, -0.15) is 0 Å². The van der Waals surface area contributed by atoms with Crippen LogP contribution in [0.5, 0.6) is 5.75 Å². The molecule has 0 saturated heterocycles. The van der Waals surface area contributed by atoms with Crippen molar-refractivity contribution in [3.8, 4) is 5.75 Å². The highest BCUT2D eigenvalue weighted by Gasteiger charge is 2.21. The molecule has 0 aliphatic heterocycles. The smallest absolute Gasteiger partial charge is 0.337 e. The first-order valence-electron chi connectivity index (χ1n) is 12.7. The van der Waals surface area contributed by atoms with E-state index in [1.54, 1.807) is 0 Å². The molecule has 1 heterocycles. The number of esters is 1. The third kappa shape index (κ3) is 7.09. The average molecular weight is 517 g/mol. The van der Waals surface area contributed by atoms with E-state index in [2.05, 4.69) is 6.92 Å². The van der Waals surface area contributed by atoms with Crippen LogP contribution < -0.4 is 10.2 Å². The predicted octanol–water partition coefficient (Wildman–Crippen LogP) is 6.44. The zero-order valence-electron chi connectivity index (χ0n) is 21.4. The Hall–Kier alpha value is -2.87. The van der Waals surface area contributed by atoms with Crippen LogP contribution in [0.1, 0.15) is 81.5 Å². The lowest BCUT2D eigenvalue weighted by molar-refractivity contribution is 0.0601. The summed E-state index contributed by atoms with van der Waals surface area (Å²) in [5, 5.41) is 0.252. The largest absolute Gasteiger partial charge is 0.494 e. The number of carbonyl (C=O) groups is 1. The summed E-state index contributed by atoms with van der Waals surface area (Å²) in [4.78, 5) is 25.1. The van der Waals surface area contributed by atoms with Crippen LogP contribution >= 0.6 is 0 Å². The van der Waals surface area contributed by atoms with Crippen LogP contribution in [-0.4, -0.2) is 34.4 Å². The van der Waals surface area contributed by atoms with E-state index < -0.39 is 21.2 Å². The fraction of sp³-hybridized carbons (Fsp3) is 0.500. The standard InChI is InChI=1S/C28H36O7S/c1-4-5-6-7-8-9-10-11-12-13-16-34-21-18-23-26(29)22-17-20(28(30)33-2)14-15-24(22)35-27(23)25(19-21)36(3,31)32/h14-15,17-19H,4-13,16H2,1-3H3. The highest BCUT2D eigenvalue weighted by molar-refractivity contribution is 7.91. The summed E-state index contributed by atoms with van der Waals surface area (Å²) in [5.41, 5.74) is -0.0733. The van der Waals surface area contributed by atoms with Crippen LogP contribution in [0.2, 0.25) is 0 Å². The molecule has 0 unspecified atom stereocenters. The molecule has 0 N–H and O–H groups in total. The number of hydrogen-bond acceptors (Lipinski definition) is 7. The van der Waals surface area contributed by atoms with Gasteiger partial charge in [0.25, 0.3) is 0 Å². The number of benzene rings is 2. The summed E-state index contributed by atoms with van der Waals surface area (Å²) in [6.45, 7) is 2.65. The monoisotopic (exact) mass is 516 g/mol. The van der Waals surface area contributed by atoms with Crippen molar-refractivity contribution in [2.45, 2.75) is 76.0 Å². The van der Waals surface area contributed by atoms with Crippen LogP contribution in [-0.2, 0) is 14.6 Å². The van der Waals surface area contributed by atoms with Gasteiger partial charge in [0.15, 0.2) is 15.4 Å². The van der Waals surface area contributed by atoms with Gasteiger partial charge in [-0.1, -0.05) is 64.7 Å². The first-order chi connectivity index (χ1) is 17.3. The molecule has 36 heavy (non-hydrogen) atoms. The van der Waals surface area contributed by atoms with Gasteiger partial charge in [0.2, 0.25) is 5.43 Å². The Morgan fingerprint density at radius 1 is 0.889 bits per heavy atom. The molecule has 0 saturated carbocycles. The fourth-order valence-corrected chi connectivity index (χ4v) is 5.10. The Morgan fingerprint density at radius 2 is 1.53 bits per heavy atom. The molecule has 2 aromatic carbocycles. The van der Waals surface area contributed by atoms with Crippen molar-refractivity contribution in [1.29, 1.82) is 0 Å². The van der Waals surface area contributed by atoms with Crippen molar-refractivity contribution in [2.24, 2.45) is 0 Å². The van der Waals surface area contributed by atoms with Crippen molar-refractivity contribution in [1.82, 2.24) is 0 Å². The van der Waals surface area contributed by atoms with Crippen LogP contribution in [0, 0.1) is 0 Å². The van der Waals surface area contributed by atoms with Gasteiger partial charge in [-0.15, -0.1) is 0 Å². The summed E-state index contributed by atoms with van der Waals surface area (Å²) in [6.07, 6.45) is 13.1. The van der Waals surface area contributed by atoms with E-state index in [1.807, 2.05) is 0 Å². The third-order valence-electron chi connectivity index (χ3n) is 6.30. The zero-order chi connectivity index (χ0) is 26.1. The molecule has 3 rings (SSSR count). The minimum atomic E-state index is -3.70. The molecule has 1 aromatic heterocycles. The Labute approximate surface area is 212 Å². The highest BCUT2D eigenvalue weighted by Crippen LogP contribution is 2.30. The highest BCUT2D eigenvalue weighted by atomic mass is 32.2. The van der Waals surface area contributed by atoms with E-state index in [0.29, 0.717) is 12.4 Å². The lowest BCUT2D eigenvalue weighted by atomic mass is 10.1. The van der Waals surface area contributed by atoms with Gasteiger partial charge in [0.05, 0.1) is 30.1 Å². The average Bonchev–Trinajstić information content (AvgIpc) is 2.86. The van der Waals surface area contributed by atoms with Crippen molar-refractivity contribution in [2.75, 3.05) is 20.0 Å². The molecule has 0 radical (unpaired) electrons. The van der Waals surface area contributed by atoms with Crippen molar-refractivity contribution in [3.63, 3.8) is 0 Å². The van der Waals surface area contributed by atoms with E-state index in [1.165, 1.54) is 82.4 Å². The first kappa shape index (κ1) is 27.7. The molecule has 0 bridgehead atoms. The molecule has 0 aliphatic carbocycles. The molecule has 0 aliphatic rings. The molecule has 3 aromatic rings. The minimum Gasteiger partial charge on any atom is -0.494 e. The first-order valence-corrected chi connectivity index (χ1v) is 14.6.